The second kappa shape index (κ2) is 38.4. The van der Waals surface area contributed by atoms with Crippen molar-refractivity contribution < 1.29 is 47.2 Å². The second-order valence-corrected chi connectivity index (χ2v) is 26.9. The number of anilines is 6. The van der Waals surface area contributed by atoms with Gasteiger partial charge in [-0.1, -0.05) is 116 Å². The van der Waals surface area contributed by atoms with E-state index >= 15 is 0 Å². The first kappa shape index (κ1) is 82.2. The van der Waals surface area contributed by atoms with Crippen molar-refractivity contribution in [2.45, 2.75) is 87.4 Å². The number of pyridine rings is 3. The Kier molecular flexibility index (Phi) is 27.9. The molecular weight excluding hydrogens is 1530 g/mol. The van der Waals surface area contributed by atoms with E-state index in [0.29, 0.717) is 61.1 Å². The number of ketones is 2. The molecular formula is C79H72Cl3F2N15O14. The van der Waals surface area contributed by atoms with Crippen LogP contribution in [0, 0.1) is 24.7 Å². The molecule has 0 unspecified atom stereocenters. The van der Waals surface area contributed by atoms with Crippen molar-refractivity contribution in [2.24, 2.45) is 17.8 Å². The van der Waals surface area contributed by atoms with Gasteiger partial charge in [0.15, 0.2) is 0 Å². The number of benzene rings is 6. The first-order valence-corrected chi connectivity index (χ1v) is 35.7. The summed E-state index contributed by atoms with van der Waals surface area (Å²) < 4.78 is 52.6. The fraction of sp³-hybridized carbons (Fsp3) is 0.203. The summed E-state index contributed by atoms with van der Waals surface area (Å²) in [4.78, 5) is 138. The van der Waals surface area contributed by atoms with Crippen molar-refractivity contribution in [1.29, 1.82) is 0 Å². The number of carboxylic acids is 1. The van der Waals surface area contributed by atoms with Gasteiger partial charge in [-0.2, -0.15) is 23.7 Å². The molecule has 0 fully saturated rings. The zero-order chi connectivity index (χ0) is 81.0. The Morgan fingerprint density at radius 3 is 1.07 bits per heavy atom. The number of Topliss-reactive ketones (excluding diaryl/α,β-unsaturated/α-hetero) is 2. The summed E-state index contributed by atoms with van der Waals surface area (Å²) in [6.45, 7) is 6.43. The average molecular weight is 1600 g/mol. The number of ether oxygens (including phenoxy) is 4. The molecule has 0 aliphatic rings. The Hall–Kier alpha value is -13.3. The number of hydrogen-bond acceptors (Lipinski definition) is 22. The van der Waals surface area contributed by atoms with Crippen LogP contribution in [0.5, 0.6) is 40.6 Å². The number of carboxylic acid groups (broad SMARTS) is 1. The van der Waals surface area contributed by atoms with Gasteiger partial charge in [0.25, 0.3) is 0 Å². The van der Waals surface area contributed by atoms with E-state index in [-0.39, 0.29) is 80.3 Å². The monoisotopic (exact) mass is 1600 g/mol. The lowest BCUT2D eigenvalue weighted by Gasteiger charge is -2.17. The fourth-order valence-electron chi connectivity index (χ4n) is 10.3. The molecule has 12 aromatic rings. The van der Waals surface area contributed by atoms with Crippen molar-refractivity contribution in [3.8, 4) is 40.6 Å². The topological polar surface area (TPSA) is 354 Å². The molecule has 0 saturated carbocycles. The minimum Gasteiger partial charge on any atom is -0.481 e. The molecule has 4 N–H and O–H groups in total. The third-order valence-electron chi connectivity index (χ3n) is 16.9. The Bertz CT molecular complexity index is 5690. The number of hydrogen-bond donors (Lipinski definition) is 4. The van der Waals surface area contributed by atoms with Crippen molar-refractivity contribution in [2.75, 3.05) is 16.0 Å². The van der Waals surface area contributed by atoms with Crippen LogP contribution in [0.2, 0.25) is 15.1 Å². The number of aromatic nitrogens is 12. The molecule has 0 aliphatic carbocycles. The molecule has 0 bridgehead atoms. The SMILES string of the molecule is CC(=O)[C@@H](C)Cn1c(=O)nc(Nc2ccc(Oc3ccc(OC(F)F)cn3)cc2)n(Cc2ccc(Cl)cc2)c1=O.CC(=O)[C@@H](C)Cn1c(=O)nc(Nc2ccc(Oc3ccccn3)cc2)n(Cc2ccc(Cl)cc2)c1=O.Cc1ccc(Cn2c(Nc3ccc(Oc4ccc(Cl)cn4)cc3)nc(=O)n(C[C@H](C)C(=O)O)c2=O)cc1. The molecule has 3 atom stereocenters. The van der Waals surface area contributed by atoms with E-state index in [1.807, 2.05) is 37.3 Å². The molecule has 0 aliphatic heterocycles. The van der Waals surface area contributed by atoms with Gasteiger partial charge >= 0.3 is 46.7 Å². The molecule has 6 aromatic heterocycles. The predicted octanol–water partition coefficient (Wildman–Crippen LogP) is 13.2. The quantitative estimate of drug-likeness (QED) is 0.0338. The molecule has 34 heteroatoms. The van der Waals surface area contributed by atoms with Crippen LogP contribution in [-0.4, -0.2) is 86.6 Å². The largest absolute Gasteiger partial charge is 0.481 e. The molecule has 0 spiro atoms. The molecule has 0 amide bonds. The van der Waals surface area contributed by atoms with Crippen LogP contribution in [0.25, 0.3) is 0 Å². The Morgan fingerprint density at radius 1 is 0.416 bits per heavy atom. The lowest BCUT2D eigenvalue weighted by molar-refractivity contribution is -0.141. The Morgan fingerprint density at radius 2 is 0.752 bits per heavy atom. The number of aryl methyl sites for hydroxylation is 1. The van der Waals surface area contributed by atoms with E-state index in [9.17, 15) is 57.0 Å². The van der Waals surface area contributed by atoms with Crippen molar-refractivity contribution in [3.63, 3.8) is 0 Å². The maximum Gasteiger partial charge on any atom is 0.387 e. The first-order valence-electron chi connectivity index (χ1n) is 34.6. The molecule has 6 heterocycles. The Labute approximate surface area is 656 Å². The summed E-state index contributed by atoms with van der Waals surface area (Å²) in [5.74, 6) is -0.932. The van der Waals surface area contributed by atoms with Gasteiger partial charge in [0.2, 0.25) is 35.5 Å². The molecule has 29 nitrogen and oxygen atoms in total. The highest BCUT2D eigenvalue weighted by Gasteiger charge is 2.23. The van der Waals surface area contributed by atoms with Gasteiger partial charge in [0, 0.05) is 89.2 Å². The summed E-state index contributed by atoms with van der Waals surface area (Å²) in [5, 5.41) is 19.9. The van der Waals surface area contributed by atoms with E-state index in [0.717, 1.165) is 42.2 Å². The minimum atomic E-state index is -2.96. The number of carbonyl (C=O) groups is 3. The first-order chi connectivity index (χ1) is 54.1. The maximum absolute atomic E-state index is 13.4. The van der Waals surface area contributed by atoms with E-state index in [1.165, 1.54) is 52.8 Å². The zero-order valence-electron chi connectivity index (χ0n) is 61.2. The van der Waals surface area contributed by atoms with E-state index in [4.69, 9.17) is 49.0 Å². The van der Waals surface area contributed by atoms with E-state index in [1.54, 1.807) is 166 Å². The highest BCUT2D eigenvalue weighted by atomic mass is 35.5. The van der Waals surface area contributed by atoms with Gasteiger partial charge in [-0.25, -0.2) is 57.4 Å². The molecule has 113 heavy (non-hydrogen) atoms. The zero-order valence-corrected chi connectivity index (χ0v) is 63.5. The third kappa shape index (κ3) is 23.4. The summed E-state index contributed by atoms with van der Waals surface area (Å²) in [6.07, 6.45) is 4.23. The smallest absolute Gasteiger partial charge is 0.387 e. The molecule has 0 saturated heterocycles. The molecule has 6 aromatic carbocycles. The van der Waals surface area contributed by atoms with Gasteiger partial charge in [0.05, 0.1) is 36.8 Å². The average Bonchev–Trinajstić information content (AvgIpc) is 0.800. The minimum absolute atomic E-state index is 0.00151. The van der Waals surface area contributed by atoms with Crippen LogP contribution in [-0.2, 0) is 53.7 Å². The summed E-state index contributed by atoms with van der Waals surface area (Å²) in [7, 11) is 0. The van der Waals surface area contributed by atoms with Crippen LogP contribution in [0.3, 0.4) is 0 Å². The number of carbonyl (C=O) groups excluding carboxylic acids is 2. The standard InChI is InChI=1S/C27H24ClF2N5O5.C26H24ClN5O5.C26H24ClN5O4/c1-16(17(2)36)14-35-26(37)33-25(34(27(35)38)15-18-3-5-19(28)6-4-18)32-20-7-9-21(10-8-20)39-23-12-11-22(13-31-23)40-24(29)30;1-16-3-5-18(6-4-16)15-31-24(30-25(35)32(26(31)36)14-17(2)23(33)34)29-20-8-10-21(11-9-20)37-22-12-7-19(27)13-28-22;1-17(18(2)33)15-32-25(34)30-24(31(26(32)35)16-19-6-8-20(27)9-7-19)29-21-10-12-22(13-11-21)36-23-5-3-4-14-28-23/h3-13,16,24H,14-15H2,1-2H3,(H,32,33,37);3-13,17H,14-15H2,1-2H3,(H,33,34)(H,29,30,35);3-14,17H,15-16H2,1-2H3,(H,29,30,34)/t16-;2*17-/m000/s1. The fourth-order valence-corrected chi connectivity index (χ4v) is 10.7. The lowest BCUT2D eigenvalue weighted by atomic mass is 10.1. The highest BCUT2D eigenvalue weighted by molar-refractivity contribution is 6.31. The normalized spacial score (nSPS) is 11.7. The molecule has 12 rings (SSSR count). The number of halogens is 5. The van der Waals surface area contributed by atoms with Crippen LogP contribution in [0.1, 0.15) is 56.9 Å². The van der Waals surface area contributed by atoms with Crippen molar-refractivity contribution >= 4 is 87.2 Å². The van der Waals surface area contributed by atoms with Gasteiger partial charge in [0.1, 0.15) is 34.6 Å². The van der Waals surface area contributed by atoms with Gasteiger partial charge in [-0.15, -0.1) is 0 Å². The lowest BCUT2D eigenvalue weighted by Crippen LogP contribution is -2.44. The highest BCUT2D eigenvalue weighted by Crippen LogP contribution is 2.28. The maximum atomic E-state index is 13.4. The van der Waals surface area contributed by atoms with Crippen LogP contribution >= 0.6 is 34.8 Å². The Balaban J connectivity index is 0.000000180. The summed E-state index contributed by atoms with van der Waals surface area (Å²) in [6, 6.07) is 53.0. The number of aliphatic carboxylic acids is 1. The van der Waals surface area contributed by atoms with Crippen molar-refractivity contribution in [1.82, 2.24) is 57.3 Å². The third-order valence-corrected chi connectivity index (χ3v) is 17.6. The predicted molar refractivity (Wildman–Crippen MR) is 420 cm³/mol. The van der Waals surface area contributed by atoms with E-state index < -0.39 is 64.5 Å². The van der Waals surface area contributed by atoms with E-state index in [2.05, 4.69) is 50.6 Å². The second-order valence-electron chi connectivity index (χ2n) is 25.5. The summed E-state index contributed by atoms with van der Waals surface area (Å²) >= 11 is 17.8. The van der Waals surface area contributed by atoms with Crippen LogP contribution in [0.15, 0.2) is 235 Å². The van der Waals surface area contributed by atoms with Crippen LogP contribution in [0.4, 0.5) is 43.7 Å². The van der Waals surface area contributed by atoms with Crippen molar-refractivity contribution in [3.05, 3.63) is 307 Å². The number of rotatable bonds is 29. The number of nitrogens with zero attached hydrogens (tertiary/aromatic N) is 12. The number of nitrogens with one attached hydrogen (secondary N) is 3. The molecule has 582 valence electrons. The summed E-state index contributed by atoms with van der Waals surface area (Å²) in [5.41, 5.74) is 0.801. The van der Waals surface area contributed by atoms with Gasteiger partial charge < -0.3 is 40.0 Å². The van der Waals surface area contributed by atoms with Gasteiger partial charge in [-0.05, 0) is 153 Å². The molecule has 0 radical (unpaired) electrons. The number of alkyl halides is 2. The van der Waals surface area contributed by atoms with Gasteiger partial charge in [-0.3, -0.25) is 28.1 Å². The van der Waals surface area contributed by atoms with Crippen LogP contribution < -0.4 is 69.0 Å².